The monoisotopic (exact) mass is 333 g/mol. The van der Waals surface area contributed by atoms with Crippen molar-refractivity contribution < 1.29 is 17.9 Å². The van der Waals surface area contributed by atoms with Gasteiger partial charge in [0.1, 0.15) is 0 Å². The normalized spacial score (nSPS) is 11.1. The summed E-state index contributed by atoms with van der Waals surface area (Å²) in [7, 11) is 0.0897. The highest BCUT2D eigenvalue weighted by molar-refractivity contribution is 7.90. The van der Waals surface area contributed by atoms with Gasteiger partial charge in [-0.05, 0) is 42.0 Å². The Morgan fingerprint density at radius 2 is 1.61 bits per heavy atom. The van der Waals surface area contributed by atoms with Gasteiger partial charge in [-0.3, -0.25) is 0 Å². The van der Waals surface area contributed by atoms with Gasteiger partial charge in [-0.15, -0.1) is 0 Å². The van der Waals surface area contributed by atoms with E-state index in [4.69, 9.17) is 0 Å². The van der Waals surface area contributed by atoms with Crippen LogP contribution < -0.4 is 4.90 Å². The van der Waals surface area contributed by atoms with E-state index >= 15 is 0 Å². The van der Waals surface area contributed by atoms with Crippen LogP contribution in [0.1, 0.15) is 15.9 Å². The molecule has 0 N–H and O–H groups in total. The van der Waals surface area contributed by atoms with Gasteiger partial charge in [-0.25, -0.2) is 13.2 Å². The minimum absolute atomic E-state index is 0.303. The third-order valence-electron chi connectivity index (χ3n) is 3.50. The molecule has 0 radical (unpaired) electrons. The number of carbonyl (C=O) groups excluding carboxylic acids is 1. The summed E-state index contributed by atoms with van der Waals surface area (Å²) in [6.07, 6.45) is 1.19. The second-order valence-electron chi connectivity index (χ2n) is 5.31. The number of carbonyl (C=O) groups is 1. The Labute approximate surface area is 136 Å². The molecule has 0 aliphatic carbocycles. The van der Waals surface area contributed by atoms with Crippen LogP contribution in [0.4, 0.5) is 5.69 Å². The first-order chi connectivity index (χ1) is 10.8. The lowest BCUT2D eigenvalue weighted by molar-refractivity contribution is 0.0600. The highest BCUT2D eigenvalue weighted by atomic mass is 32.2. The molecule has 0 bridgehead atoms. The third kappa shape index (κ3) is 4.32. The van der Waals surface area contributed by atoms with E-state index < -0.39 is 9.84 Å². The predicted molar refractivity (Wildman–Crippen MR) is 89.4 cm³/mol. The molecule has 0 aromatic heterocycles. The van der Waals surface area contributed by atoms with E-state index in [0.29, 0.717) is 17.0 Å². The molecule has 0 saturated carbocycles. The van der Waals surface area contributed by atoms with Gasteiger partial charge in [-0.1, -0.05) is 12.1 Å². The molecular weight excluding hydrogens is 314 g/mol. The van der Waals surface area contributed by atoms with E-state index in [2.05, 4.69) is 4.74 Å². The van der Waals surface area contributed by atoms with Crippen molar-refractivity contribution in [2.75, 3.05) is 25.3 Å². The Balaban J connectivity index is 2.09. The van der Waals surface area contributed by atoms with Crippen LogP contribution in [-0.2, 0) is 21.1 Å². The number of nitrogens with zero attached hydrogens (tertiary/aromatic N) is 1. The van der Waals surface area contributed by atoms with Crippen molar-refractivity contribution in [1.82, 2.24) is 0 Å². The first-order valence-corrected chi connectivity index (χ1v) is 8.89. The summed E-state index contributed by atoms with van der Waals surface area (Å²) in [4.78, 5) is 13.7. The highest BCUT2D eigenvalue weighted by Crippen LogP contribution is 2.19. The number of hydrogen-bond donors (Lipinski definition) is 0. The molecule has 23 heavy (non-hydrogen) atoms. The highest BCUT2D eigenvalue weighted by Gasteiger charge is 2.09. The molecule has 2 aromatic carbocycles. The molecule has 0 atom stereocenters. The van der Waals surface area contributed by atoms with Gasteiger partial charge < -0.3 is 9.64 Å². The molecule has 2 rings (SSSR count). The molecule has 0 fully saturated rings. The molecular formula is C17H19NO4S. The van der Waals surface area contributed by atoms with E-state index in [9.17, 15) is 13.2 Å². The molecule has 122 valence electrons. The summed E-state index contributed by atoms with van der Waals surface area (Å²) < 4.78 is 27.6. The van der Waals surface area contributed by atoms with Gasteiger partial charge in [0.15, 0.2) is 9.84 Å². The van der Waals surface area contributed by atoms with E-state index in [0.717, 1.165) is 11.3 Å². The summed E-state index contributed by atoms with van der Waals surface area (Å²) in [5.74, 6) is -0.360. The predicted octanol–water partition coefficient (Wildman–Crippen LogP) is 2.51. The topological polar surface area (TPSA) is 63.7 Å². The molecule has 0 aliphatic rings. The molecule has 0 heterocycles. The fourth-order valence-electron chi connectivity index (χ4n) is 2.18. The molecule has 2 aromatic rings. The van der Waals surface area contributed by atoms with Gasteiger partial charge in [0, 0.05) is 25.5 Å². The number of sulfone groups is 1. The zero-order valence-electron chi connectivity index (χ0n) is 13.3. The van der Waals surface area contributed by atoms with Crippen LogP contribution >= 0.6 is 0 Å². The summed E-state index contributed by atoms with van der Waals surface area (Å²) in [6.45, 7) is 0.639. The van der Waals surface area contributed by atoms with Crippen molar-refractivity contribution in [3.63, 3.8) is 0 Å². The van der Waals surface area contributed by atoms with Crippen molar-refractivity contribution in [3.05, 3.63) is 59.7 Å². The molecule has 6 heteroatoms. The molecule has 0 amide bonds. The lowest BCUT2D eigenvalue weighted by Gasteiger charge is -2.19. The molecule has 0 aliphatic heterocycles. The van der Waals surface area contributed by atoms with Crippen LogP contribution in [0.25, 0.3) is 0 Å². The number of ether oxygens (including phenoxy) is 1. The van der Waals surface area contributed by atoms with Crippen LogP contribution in [0.2, 0.25) is 0 Å². The fourth-order valence-corrected chi connectivity index (χ4v) is 2.81. The molecule has 5 nitrogen and oxygen atoms in total. The molecule has 0 spiro atoms. The number of methoxy groups -OCH3 is 1. The molecule has 0 saturated heterocycles. The van der Waals surface area contributed by atoms with Gasteiger partial charge in [0.2, 0.25) is 0 Å². The van der Waals surface area contributed by atoms with E-state index in [1.165, 1.54) is 13.4 Å². The molecule has 0 unspecified atom stereocenters. The Bertz CT molecular complexity index is 780. The largest absolute Gasteiger partial charge is 0.465 e. The second kappa shape index (κ2) is 6.83. The minimum atomic E-state index is -3.18. The first kappa shape index (κ1) is 17.0. The standard InChI is InChI=1S/C17H19NO4S/c1-18(15-8-10-16(11-9-15)23(3,20)21)12-13-4-6-14(7-5-13)17(19)22-2/h4-11H,12H2,1-3H3. The number of anilines is 1. The quantitative estimate of drug-likeness (QED) is 0.787. The lowest BCUT2D eigenvalue weighted by atomic mass is 10.1. The Kier molecular flexibility index (Phi) is 5.05. The zero-order chi connectivity index (χ0) is 17.0. The second-order valence-corrected chi connectivity index (χ2v) is 7.33. The van der Waals surface area contributed by atoms with Gasteiger partial charge in [0.25, 0.3) is 0 Å². The summed E-state index contributed by atoms with van der Waals surface area (Å²) in [5.41, 5.74) is 2.46. The van der Waals surface area contributed by atoms with Crippen LogP contribution in [0, 0.1) is 0 Å². The maximum Gasteiger partial charge on any atom is 0.337 e. The van der Waals surface area contributed by atoms with Crippen molar-refractivity contribution in [2.24, 2.45) is 0 Å². The Hall–Kier alpha value is -2.34. The smallest absolute Gasteiger partial charge is 0.337 e. The summed E-state index contributed by atoms with van der Waals surface area (Å²) >= 11 is 0. The van der Waals surface area contributed by atoms with Crippen molar-refractivity contribution in [1.29, 1.82) is 0 Å². The van der Waals surface area contributed by atoms with Crippen LogP contribution in [0.3, 0.4) is 0 Å². The number of esters is 1. The lowest BCUT2D eigenvalue weighted by Crippen LogP contribution is -2.16. The van der Waals surface area contributed by atoms with Crippen LogP contribution in [-0.4, -0.2) is 34.8 Å². The van der Waals surface area contributed by atoms with Gasteiger partial charge in [0.05, 0.1) is 17.6 Å². The number of benzene rings is 2. The summed E-state index contributed by atoms with van der Waals surface area (Å²) in [5, 5.41) is 0. The summed E-state index contributed by atoms with van der Waals surface area (Å²) in [6, 6.07) is 13.9. The average Bonchev–Trinajstić information content (AvgIpc) is 2.54. The van der Waals surface area contributed by atoms with Gasteiger partial charge >= 0.3 is 5.97 Å². The maximum absolute atomic E-state index is 11.5. The fraction of sp³-hybridized carbons (Fsp3) is 0.235. The van der Waals surface area contributed by atoms with Crippen molar-refractivity contribution in [3.8, 4) is 0 Å². The number of rotatable bonds is 5. The number of hydrogen-bond acceptors (Lipinski definition) is 5. The van der Waals surface area contributed by atoms with E-state index in [-0.39, 0.29) is 5.97 Å². The maximum atomic E-state index is 11.5. The zero-order valence-corrected chi connectivity index (χ0v) is 14.1. The van der Waals surface area contributed by atoms with Crippen LogP contribution in [0.5, 0.6) is 0 Å². The Morgan fingerprint density at radius 3 is 2.09 bits per heavy atom. The third-order valence-corrected chi connectivity index (χ3v) is 4.63. The average molecular weight is 333 g/mol. The Morgan fingerprint density at radius 1 is 1.04 bits per heavy atom. The SMILES string of the molecule is COC(=O)c1ccc(CN(C)c2ccc(S(C)(=O)=O)cc2)cc1. The van der Waals surface area contributed by atoms with Crippen molar-refractivity contribution >= 4 is 21.5 Å². The van der Waals surface area contributed by atoms with E-state index in [1.807, 2.05) is 24.1 Å². The van der Waals surface area contributed by atoms with Gasteiger partial charge in [-0.2, -0.15) is 0 Å². The van der Waals surface area contributed by atoms with Crippen molar-refractivity contribution in [2.45, 2.75) is 11.4 Å². The minimum Gasteiger partial charge on any atom is -0.465 e. The first-order valence-electron chi connectivity index (χ1n) is 7.00. The van der Waals surface area contributed by atoms with Crippen LogP contribution in [0.15, 0.2) is 53.4 Å². The van der Waals surface area contributed by atoms with E-state index in [1.54, 1.807) is 36.4 Å².